The summed E-state index contributed by atoms with van der Waals surface area (Å²) in [5.74, 6) is -0.0609. The van der Waals surface area contributed by atoms with Crippen molar-refractivity contribution in [3.05, 3.63) is 0 Å². The molecule has 2 rings (SSSR count). The minimum atomic E-state index is -0.0895. The molecule has 19 heavy (non-hydrogen) atoms. The van der Waals surface area contributed by atoms with Gasteiger partial charge in [0.2, 0.25) is 11.8 Å². The zero-order valence-electron chi connectivity index (χ0n) is 11.3. The van der Waals surface area contributed by atoms with E-state index in [1.807, 2.05) is 4.90 Å². The fourth-order valence-electron chi connectivity index (χ4n) is 2.48. The Kier molecular flexibility index (Phi) is 5.60. The van der Waals surface area contributed by atoms with Crippen LogP contribution in [0, 0.1) is 0 Å². The lowest BCUT2D eigenvalue weighted by atomic mass is 10.1. The number of likely N-dealkylation sites (tertiary alicyclic amines) is 1. The predicted octanol–water partition coefficient (Wildman–Crippen LogP) is -0.506. The Labute approximate surface area is 113 Å². The SMILES string of the molecule is O=C(CC1COCCN1)NCC(=O)N1CCCCC1. The average molecular weight is 269 g/mol. The van der Waals surface area contributed by atoms with Gasteiger partial charge in [0.1, 0.15) is 0 Å². The first kappa shape index (κ1) is 14.3. The second-order valence-corrected chi connectivity index (χ2v) is 5.15. The van der Waals surface area contributed by atoms with Gasteiger partial charge in [0.05, 0.1) is 19.8 Å². The van der Waals surface area contributed by atoms with Crippen LogP contribution in [0.2, 0.25) is 0 Å². The van der Waals surface area contributed by atoms with Crippen LogP contribution in [0.3, 0.4) is 0 Å². The summed E-state index contributed by atoms with van der Waals surface area (Å²) in [6.07, 6.45) is 3.71. The molecule has 2 N–H and O–H groups in total. The first-order valence-electron chi connectivity index (χ1n) is 7.11. The highest BCUT2D eigenvalue weighted by Gasteiger charge is 2.19. The molecule has 0 aliphatic carbocycles. The summed E-state index contributed by atoms with van der Waals surface area (Å²) in [4.78, 5) is 25.4. The van der Waals surface area contributed by atoms with E-state index in [2.05, 4.69) is 10.6 Å². The van der Waals surface area contributed by atoms with E-state index in [0.717, 1.165) is 32.5 Å². The number of hydrogen-bond donors (Lipinski definition) is 2. The van der Waals surface area contributed by atoms with Crippen molar-refractivity contribution < 1.29 is 14.3 Å². The number of carbonyl (C=O) groups is 2. The van der Waals surface area contributed by atoms with Crippen molar-refractivity contribution >= 4 is 11.8 Å². The van der Waals surface area contributed by atoms with Crippen LogP contribution in [-0.4, -0.2) is 62.1 Å². The summed E-state index contributed by atoms with van der Waals surface area (Å²) in [7, 11) is 0. The molecule has 0 radical (unpaired) electrons. The molecule has 1 atom stereocenters. The van der Waals surface area contributed by atoms with Gasteiger partial charge in [-0.3, -0.25) is 9.59 Å². The zero-order valence-corrected chi connectivity index (χ0v) is 11.3. The van der Waals surface area contributed by atoms with Crippen LogP contribution in [0.1, 0.15) is 25.7 Å². The Morgan fingerprint density at radius 1 is 1.26 bits per heavy atom. The van der Waals surface area contributed by atoms with Crippen molar-refractivity contribution in [3.8, 4) is 0 Å². The number of carbonyl (C=O) groups excluding carboxylic acids is 2. The molecule has 6 heteroatoms. The first-order chi connectivity index (χ1) is 9.25. The molecule has 0 bridgehead atoms. The third-order valence-electron chi connectivity index (χ3n) is 3.58. The second kappa shape index (κ2) is 7.45. The lowest BCUT2D eigenvalue weighted by molar-refractivity contribution is -0.133. The summed E-state index contributed by atoms with van der Waals surface area (Å²) in [5, 5.41) is 5.92. The second-order valence-electron chi connectivity index (χ2n) is 5.15. The van der Waals surface area contributed by atoms with Crippen LogP contribution in [0.15, 0.2) is 0 Å². The van der Waals surface area contributed by atoms with E-state index in [9.17, 15) is 9.59 Å². The van der Waals surface area contributed by atoms with Gasteiger partial charge in [0, 0.05) is 32.1 Å². The number of piperidine rings is 1. The van der Waals surface area contributed by atoms with Gasteiger partial charge in [-0.25, -0.2) is 0 Å². The van der Waals surface area contributed by atoms with Gasteiger partial charge < -0.3 is 20.3 Å². The van der Waals surface area contributed by atoms with Crippen LogP contribution in [-0.2, 0) is 14.3 Å². The number of rotatable bonds is 4. The van der Waals surface area contributed by atoms with Gasteiger partial charge in [-0.1, -0.05) is 0 Å². The van der Waals surface area contributed by atoms with E-state index in [0.29, 0.717) is 19.6 Å². The Balaban J connectivity index is 1.63. The van der Waals surface area contributed by atoms with E-state index >= 15 is 0 Å². The number of ether oxygens (including phenoxy) is 1. The van der Waals surface area contributed by atoms with Crippen LogP contribution in [0.25, 0.3) is 0 Å². The fraction of sp³-hybridized carbons (Fsp3) is 0.846. The maximum atomic E-state index is 11.9. The maximum absolute atomic E-state index is 11.9. The van der Waals surface area contributed by atoms with E-state index in [-0.39, 0.29) is 24.4 Å². The molecule has 2 heterocycles. The van der Waals surface area contributed by atoms with Gasteiger partial charge in [-0.05, 0) is 19.3 Å². The lowest BCUT2D eigenvalue weighted by Gasteiger charge is -2.27. The normalized spacial score (nSPS) is 24.0. The number of amides is 2. The molecular formula is C13H23N3O3. The van der Waals surface area contributed by atoms with Crippen LogP contribution in [0.5, 0.6) is 0 Å². The molecule has 2 fully saturated rings. The van der Waals surface area contributed by atoms with Gasteiger partial charge in [-0.2, -0.15) is 0 Å². The molecule has 6 nitrogen and oxygen atoms in total. The third kappa shape index (κ3) is 4.80. The van der Waals surface area contributed by atoms with Gasteiger partial charge in [-0.15, -0.1) is 0 Å². The fourth-order valence-corrected chi connectivity index (χ4v) is 2.48. The van der Waals surface area contributed by atoms with Crippen molar-refractivity contribution in [1.82, 2.24) is 15.5 Å². The standard InChI is InChI=1S/C13H23N3O3/c17-12(8-11-10-19-7-4-14-11)15-9-13(18)16-5-2-1-3-6-16/h11,14H,1-10H2,(H,15,17). The molecule has 2 aliphatic heterocycles. The summed E-state index contributed by atoms with van der Waals surface area (Å²) >= 11 is 0. The maximum Gasteiger partial charge on any atom is 0.241 e. The molecule has 0 saturated carbocycles. The molecule has 2 saturated heterocycles. The Morgan fingerprint density at radius 3 is 2.74 bits per heavy atom. The predicted molar refractivity (Wildman–Crippen MR) is 70.7 cm³/mol. The highest BCUT2D eigenvalue weighted by Crippen LogP contribution is 2.08. The van der Waals surface area contributed by atoms with Gasteiger partial charge >= 0.3 is 0 Å². The van der Waals surface area contributed by atoms with E-state index < -0.39 is 0 Å². The van der Waals surface area contributed by atoms with Crippen LogP contribution < -0.4 is 10.6 Å². The van der Waals surface area contributed by atoms with Gasteiger partial charge in [0.25, 0.3) is 0 Å². The van der Waals surface area contributed by atoms with Crippen molar-refractivity contribution in [2.24, 2.45) is 0 Å². The quantitative estimate of drug-likeness (QED) is 0.721. The van der Waals surface area contributed by atoms with Crippen LogP contribution in [0.4, 0.5) is 0 Å². The molecule has 2 amide bonds. The molecule has 0 aromatic heterocycles. The molecule has 0 aromatic rings. The van der Waals surface area contributed by atoms with Crippen LogP contribution >= 0.6 is 0 Å². The third-order valence-corrected chi connectivity index (χ3v) is 3.58. The summed E-state index contributed by atoms with van der Waals surface area (Å²) in [6.45, 7) is 3.82. The smallest absolute Gasteiger partial charge is 0.241 e. The molecule has 0 spiro atoms. The average Bonchev–Trinajstić information content (AvgIpc) is 2.47. The van der Waals surface area contributed by atoms with Crippen molar-refractivity contribution in [2.45, 2.75) is 31.7 Å². The minimum absolute atomic E-state index is 0.0286. The number of hydrogen-bond acceptors (Lipinski definition) is 4. The monoisotopic (exact) mass is 269 g/mol. The molecular weight excluding hydrogens is 246 g/mol. The molecule has 108 valence electrons. The molecule has 2 aliphatic rings. The summed E-state index contributed by atoms with van der Waals surface area (Å²) < 4.78 is 5.29. The summed E-state index contributed by atoms with van der Waals surface area (Å²) in [6, 6.07) is 0.0684. The van der Waals surface area contributed by atoms with E-state index in [1.165, 1.54) is 6.42 Å². The van der Waals surface area contributed by atoms with Crippen molar-refractivity contribution in [1.29, 1.82) is 0 Å². The number of morpholine rings is 1. The zero-order chi connectivity index (χ0) is 13.5. The van der Waals surface area contributed by atoms with Crippen molar-refractivity contribution in [2.75, 3.05) is 39.4 Å². The minimum Gasteiger partial charge on any atom is -0.378 e. The topological polar surface area (TPSA) is 70.7 Å². The number of nitrogens with zero attached hydrogens (tertiary/aromatic N) is 1. The summed E-state index contributed by atoms with van der Waals surface area (Å²) in [5.41, 5.74) is 0. The largest absolute Gasteiger partial charge is 0.378 e. The Bertz CT molecular complexity index is 310. The highest BCUT2D eigenvalue weighted by molar-refractivity contribution is 5.85. The molecule has 0 aromatic carbocycles. The Morgan fingerprint density at radius 2 is 2.05 bits per heavy atom. The highest BCUT2D eigenvalue weighted by atomic mass is 16.5. The van der Waals surface area contributed by atoms with Gasteiger partial charge in [0.15, 0.2) is 0 Å². The van der Waals surface area contributed by atoms with E-state index in [4.69, 9.17) is 4.74 Å². The lowest BCUT2D eigenvalue weighted by Crippen LogP contribution is -2.46. The molecule has 1 unspecified atom stereocenters. The Hall–Kier alpha value is -1.14. The van der Waals surface area contributed by atoms with E-state index in [1.54, 1.807) is 0 Å². The number of nitrogens with one attached hydrogen (secondary N) is 2. The van der Waals surface area contributed by atoms with Crippen molar-refractivity contribution in [3.63, 3.8) is 0 Å². The first-order valence-corrected chi connectivity index (χ1v) is 7.11.